The molecule has 0 radical (unpaired) electrons. The molecule has 5 fully saturated rings. The highest BCUT2D eigenvalue weighted by molar-refractivity contribution is 8.00. The predicted molar refractivity (Wildman–Crippen MR) is 139 cm³/mol. The highest BCUT2D eigenvalue weighted by atomic mass is 32.2. The van der Waals surface area contributed by atoms with Crippen LogP contribution in [-0.4, -0.2) is 37.5 Å². The molecule has 0 spiro atoms. The average molecular weight is 481 g/mol. The maximum atomic E-state index is 13.0. The Hall–Kier alpha value is -1.66. The molecule has 2 aliphatic heterocycles. The van der Waals surface area contributed by atoms with E-state index in [-0.39, 0.29) is 5.63 Å². The topological polar surface area (TPSA) is 45.9 Å². The summed E-state index contributed by atoms with van der Waals surface area (Å²) in [4.78, 5) is 17.8. The molecule has 3 heterocycles. The first-order chi connectivity index (χ1) is 16.5. The van der Waals surface area contributed by atoms with Gasteiger partial charge in [0.05, 0.1) is 35.6 Å². The summed E-state index contributed by atoms with van der Waals surface area (Å²) in [6, 6.07) is 7.67. The lowest BCUT2D eigenvalue weighted by Crippen LogP contribution is -2.60. The van der Waals surface area contributed by atoms with Gasteiger partial charge in [-0.2, -0.15) is 0 Å². The van der Waals surface area contributed by atoms with Crippen molar-refractivity contribution in [3.63, 3.8) is 0 Å². The predicted octanol–water partition coefficient (Wildman–Crippen LogP) is 5.59. The SMILES string of the molecule is CCN1c2cc3cc(C4(C)OCCS4)c(=O)oc3cc2N(CC)C2C3CC4CC(CC(C4)C21)C3. The van der Waals surface area contributed by atoms with E-state index in [0.29, 0.717) is 29.8 Å². The van der Waals surface area contributed by atoms with Gasteiger partial charge in [0.2, 0.25) is 0 Å². The molecule has 1 aromatic carbocycles. The number of benzene rings is 1. The van der Waals surface area contributed by atoms with Gasteiger partial charge >= 0.3 is 5.63 Å². The third kappa shape index (κ3) is 3.00. The minimum absolute atomic E-state index is 0.265. The van der Waals surface area contributed by atoms with Crippen LogP contribution in [0.1, 0.15) is 58.4 Å². The summed E-state index contributed by atoms with van der Waals surface area (Å²) in [6.45, 7) is 9.32. The van der Waals surface area contributed by atoms with Crippen LogP contribution in [0.25, 0.3) is 11.0 Å². The Kier molecular flexibility index (Phi) is 4.87. The van der Waals surface area contributed by atoms with Crippen LogP contribution in [0, 0.1) is 23.7 Å². The summed E-state index contributed by atoms with van der Waals surface area (Å²) >= 11 is 1.69. The summed E-state index contributed by atoms with van der Waals surface area (Å²) in [5.74, 6) is 4.34. The smallest absolute Gasteiger partial charge is 0.343 e. The Balaban J connectivity index is 1.41. The molecular formula is C28H36N2O3S. The molecule has 4 aliphatic carbocycles. The summed E-state index contributed by atoms with van der Waals surface area (Å²) in [6.07, 6.45) is 7.10. The first-order valence-corrected chi connectivity index (χ1v) is 14.4. The van der Waals surface area contributed by atoms with Crippen LogP contribution < -0.4 is 15.4 Å². The van der Waals surface area contributed by atoms with Crippen LogP contribution in [0.5, 0.6) is 0 Å². The lowest BCUT2D eigenvalue weighted by Gasteiger charge is -2.53. The van der Waals surface area contributed by atoms with Crippen molar-refractivity contribution in [3.8, 4) is 0 Å². The number of hydrogen-bond donors (Lipinski definition) is 0. The molecule has 4 saturated carbocycles. The highest BCUT2D eigenvalue weighted by Gasteiger charge is 2.54. The van der Waals surface area contributed by atoms with Crippen molar-refractivity contribution in [3.05, 3.63) is 34.2 Å². The highest BCUT2D eigenvalue weighted by Crippen LogP contribution is 2.57. The van der Waals surface area contributed by atoms with Crippen LogP contribution in [0.15, 0.2) is 27.4 Å². The van der Waals surface area contributed by atoms with Gasteiger partial charge in [0.15, 0.2) is 0 Å². The molecule has 5 nitrogen and oxygen atoms in total. The lowest BCUT2D eigenvalue weighted by atomic mass is 9.67. The van der Waals surface area contributed by atoms with E-state index in [9.17, 15) is 4.79 Å². The van der Waals surface area contributed by atoms with Crippen molar-refractivity contribution in [2.75, 3.05) is 35.2 Å². The van der Waals surface area contributed by atoms with E-state index in [4.69, 9.17) is 9.15 Å². The van der Waals surface area contributed by atoms with Crippen LogP contribution in [0.2, 0.25) is 0 Å². The second-order valence-corrected chi connectivity index (χ2v) is 12.9. The lowest BCUT2D eigenvalue weighted by molar-refractivity contribution is 0.0620. The second-order valence-electron chi connectivity index (χ2n) is 11.5. The van der Waals surface area contributed by atoms with Gasteiger partial charge in [-0.15, -0.1) is 11.8 Å². The molecule has 6 aliphatic rings. The van der Waals surface area contributed by atoms with E-state index in [2.05, 4.69) is 35.8 Å². The van der Waals surface area contributed by atoms with Gasteiger partial charge in [-0.25, -0.2) is 4.79 Å². The van der Waals surface area contributed by atoms with Crippen LogP contribution in [0.3, 0.4) is 0 Å². The Morgan fingerprint density at radius 3 is 2.12 bits per heavy atom. The van der Waals surface area contributed by atoms with E-state index in [1.807, 2.05) is 13.0 Å². The van der Waals surface area contributed by atoms with Crippen LogP contribution in [-0.2, 0) is 9.67 Å². The number of fused-ring (bicyclic) bond motifs is 2. The van der Waals surface area contributed by atoms with Gasteiger partial charge in [-0.05, 0) is 88.7 Å². The van der Waals surface area contributed by atoms with Gasteiger partial charge < -0.3 is 19.0 Å². The molecule has 5 unspecified atom stereocenters. The summed E-state index contributed by atoms with van der Waals surface area (Å²) < 4.78 is 12.0. The maximum absolute atomic E-state index is 13.0. The van der Waals surface area contributed by atoms with Crippen molar-refractivity contribution >= 4 is 34.1 Å². The molecule has 0 N–H and O–H groups in total. The van der Waals surface area contributed by atoms with Crippen molar-refractivity contribution in [1.29, 1.82) is 0 Å². The largest absolute Gasteiger partial charge is 0.422 e. The normalized spacial score (nSPS) is 38.3. The van der Waals surface area contributed by atoms with Gasteiger partial charge in [-0.3, -0.25) is 0 Å². The van der Waals surface area contributed by atoms with Crippen molar-refractivity contribution < 1.29 is 9.15 Å². The van der Waals surface area contributed by atoms with Crippen molar-refractivity contribution in [2.24, 2.45) is 23.7 Å². The zero-order valence-electron chi connectivity index (χ0n) is 20.6. The number of nitrogens with zero attached hydrogens (tertiary/aromatic N) is 2. The van der Waals surface area contributed by atoms with Crippen LogP contribution >= 0.6 is 11.8 Å². The van der Waals surface area contributed by atoms with E-state index < -0.39 is 4.93 Å². The van der Waals surface area contributed by atoms with Crippen molar-refractivity contribution in [2.45, 2.75) is 69.9 Å². The number of ether oxygens (including phenoxy) is 1. The molecule has 2 aromatic rings. The van der Waals surface area contributed by atoms with E-state index in [0.717, 1.165) is 47.9 Å². The van der Waals surface area contributed by atoms with E-state index >= 15 is 0 Å². The Morgan fingerprint density at radius 1 is 0.941 bits per heavy atom. The standard InChI is InChI=1S/C28H36N2O3S/c1-4-29-22-14-18-13-21(28(3)32-6-7-34-28)27(31)33-24(18)15-23(22)30(5-2)26-20-11-16-8-17(12-20)10-19(9-16)25(26)29/h13-17,19-20,25-26H,4-12H2,1-3H3. The molecule has 34 heavy (non-hydrogen) atoms. The third-order valence-corrected chi connectivity index (χ3v) is 11.0. The van der Waals surface area contributed by atoms with Gasteiger partial charge in [0.1, 0.15) is 10.5 Å². The van der Waals surface area contributed by atoms with Crippen LogP contribution in [0.4, 0.5) is 11.4 Å². The maximum Gasteiger partial charge on any atom is 0.343 e. The second kappa shape index (κ2) is 7.67. The Morgan fingerprint density at radius 2 is 1.56 bits per heavy atom. The number of anilines is 2. The monoisotopic (exact) mass is 480 g/mol. The van der Waals surface area contributed by atoms with Gasteiger partial charge in [-0.1, -0.05) is 0 Å². The average Bonchev–Trinajstić information content (AvgIpc) is 3.19. The molecular weight excluding hydrogens is 444 g/mol. The molecule has 1 saturated heterocycles. The summed E-state index contributed by atoms with van der Waals surface area (Å²) in [5, 5.41) is 1.01. The number of thioether (sulfide) groups is 1. The van der Waals surface area contributed by atoms with Gasteiger partial charge in [0, 0.05) is 30.3 Å². The molecule has 6 heteroatoms. The number of rotatable bonds is 3. The van der Waals surface area contributed by atoms with E-state index in [1.54, 1.807) is 11.8 Å². The minimum atomic E-state index is -0.616. The number of likely N-dealkylation sites (N-methyl/N-ethyl adjacent to an activating group) is 2. The summed E-state index contributed by atoms with van der Waals surface area (Å²) in [7, 11) is 0. The number of hydrogen-bond acceptors (Lipinski definition) is 6. The quantitative estimate of drug-likeness (QED) is 0.534. The Labute approximate surface area is 206 Å². The molecule has 4 bridgehead atoms. The molecule has 182 valence electrons. The van der Waals surface area contributed by atoms with E-state index in [1.165, 1.54) is 43.5 Å². The Bertz CT molecular complexity index is 1170. The molecule has 1 aromatic heterocycles. The first-order valence-electron chi connectivity index (χ1n) is 13.4. The fourth-order valence-electron chi connectivity index (χ4n) is 8.62. The fraction of sp³-hybridized carbons (Fsp3) is 0.679. The molecule has 8 rings (SSSR count). The third-order valence-electron chi connectivity index (χ3n) is 9.70. The van der Waals surface area contributed by atoms with Gasteiger partial charge in [0.25, 0.3) is 0 Å². The fourth-order valence-corrected chi connectivity index (χ4v) is 9.64. The minimum Gasteiger partial charge on any atom is -0.422 e. The first kappa shape index (κ1) is 21.6. The molecule has 5 atom stereocenters. The van der Waals surface area contributed by atoms with Crippen molar-refractivity contribution in [1.82, 2.24) is 0 Å². The molecule has 0 amide bonds. The zero-order valence-corrected chi connectivity index (χ0v) is 21.4. The summed E-state index contributed by atoms with van der Waals surface area (Å²) in [5.41, 5.74) is 3.65. The zero-order chi connectivity index (χ0) is 23.2.